The number of nitrogens with one attached hydrogen (secondary N) is 2. The van der Waals surface area contributed by atoms with Gasteiger partial charge < -0.3 is 15.2 Å². The summed E-state index contributed by atoms with van der Waals surface area (Å²) in [7, 11) is 0. The van der Waals surface area contributed by atoms with Crippen LogP contribution >= 0.6 is 0 Å². The molecule has 0 aliphatic carbocycles. The lowest BCUT2D eigenvalue weighted by molar-refractivity contribution is 0.438. The van der Waals surface area contributed by atoms with Gasteiger partial charge in [0.2, 0.25) is 0 Å². The molecule has 2 N–H and O–H groups in total. The lowest BCUT2D eigenvalue weighted by Gasteiger charge is -2.40. The average Bonchev–Trinajstić information content (AvgIpc) is 2.98. The molecule has 0 saturated carbocycles. The van der Waals surface area contributed by atoms with Crippen molar-refractivity contribution in [1.82, 2.24) is 15.3 Å². The summed E-state index contributed by atoms with van der Waals surface area (Å²) in [4.78, 5) is 10.2. The van der Waals surface area contributed by atoms with Crippen LogP contribution in [0.4, 0.5) is 5.69 Å². The number of aromatic amines is 1. The molecule has 2 aliphatic rings. The van der Waals surface area contributed by atoms with Crippen LogP contribution in [0.5, 0.6) is 0 Å². The van der Waals surface area contributed by atoms with Crippen molar-refractivity contribution in [2.75, 3.05) is 11.4 Å². The van der Waals surface area contributed by atoms with Crippen molar-refractivity contribution in [3.63, 3.8) is 0 Å². The van der Waals surface area contributed by atoms with E-state index < -0.39 is 0 Å². The van der Waals surface area contributed by atoms with Crippen LogP contribution in [0, 0.1) is 0 Å². The van der Waals surface area contributed by atoms with Crippen molar-refractivity contribution in [3.05, 3.63) is 47.5 Å². The van der Waals surface area contributed by atoms with Gasteiger partial charge in [0.1, 0.15) is 0 Å². The monoisotopic (exact) mass is 282 g/mol. The fraction of sp³-hybridized carbons (Fsp3) is 0.471. The van der Waals surface area contributed by atoms with Gasteiger partial charge in [0.05, 0.1) is 17.7 Å². The standard InChI is InChI=1S/C17H22N4/c1-12-6-7-13-4-2-3-5-17(13)21(12)10-14-8-15-16(9-18-14)20-11-19-15/h2-5,11-12,14,18H,6-10H2,1H3,(H,19,20). The van der Waals surface area contributed by atoms with Crippen molar-refractivity contribution in [3.8, 4) is 0 Å². The molecule has 110 valence electrons. The molecule has 0 amide bonds. The second kappa shape index (κ2) is 5.19. The summed E-state index contributed by atoms with van der Waals surface area (Å²) in [6.07, 6.45) is 5.28. The number of aryl methyl sites for hydroxylation is 1. The number of para-hydroxylation sites is 1. The Kier molecular flexibility index (Phi) is 3.19. The molecule has 0 saturated heterocycles. The van der Waals surface area contributed by atoms with E-state index in [1.807, 2.05) is 6.33 Å². The maximum absolute atomic E-state index is 4.45. The van der Waals surface area contributed by atoms with E-state index >= 15 is 0 Å². The summed E-state index contributed by atoms with van der Waals surface area (Å²) in [6.45, 7) is 4.31. The summed E-state index contributed by atoms with van der Waals surface area (Å²) < 4.78 is 0. The molecule has 0 radical (unpaired) electrons. The number of benzene rings is 1. The van der Waals surface area contributed by atoms with Gasteiger partial charge in [-0.2, -0.15) is 0 Å². The van der Waals surface area contributed by atoms with E-state index in [1.54, 1.807) is 0 Å². The van der Waals surface area contributed by atoms with Gasteiger partial charge in [0.25, 0.3) is 0 Å². The Bertz CT molecular complexity index is 633. The number of rotatable bonds is 2. The first kappa shape index (κ1) is 12.9. The highest BCUT2D eigenvalue weighted by Crippen LogP contribution is 2.31. The summed E-state index contributed by atoms with van der Waals surface area (Å²) in [6, 6.07) is 9.95. The Labute approximate surface area is 125 Å². The maximum Gasteiger partial charge on any atom is 0.0925 e. The first-order valence-corrected chi connectivity index (χ1v) is 7.90. The summed E-state index contributed by atoms with van der Waals surface area (Å²) in [5.41, 5.74) is 5.40. The highest BCUT2D eigenvalue weighted by Gasteiger charge is 2.27. The van der Waals surface area contributed by atoms with Gasteiger partial charge in [0, 0.05) is 37.3 Å². The fourth-order valence-corrected chi connectivity index (χ4v) is 3.64. The molecule has 2 unspecified atom stereocenters. The highest BCUT2D eigenvalue weighted by atomic mass is 15.2. The van der Waals surface area contributed by atoms with Crippen LogP contribution in [0.3, 0.4) is 0 Å². The van der Waals surface area contributed by atoms with Crippen molar-refractivity contribution in [2.45, 2.75) is 44.8 Å². The second-order valence-corrected chi connectivity index (χ2v) is 6.28. The van der Waals surface area contributed by atoms with Gasteiger partial charge >= 0.3 is 0 Å². The summed E-state index contributed by atoms with van der Waals surface area (Å²) in [5, 5.41) is 3.65. The molecule has 2 aromatic rings. The smallest absolute Gasteiger partial charge is 0.0925 e. The molecule has 2 atom stereocenters. The molecular formula is C17H22N4. The Balaban J connectivity index is 1.55. The van der Waals surface area contributed by atoms with Crippen LogP contribution < -0.4 is 10.2 Å². The summed E-state index contributed by atoms with van der Waals surface area (Å²) in [5.74, 6) is 0. The van der Waals surface area contributed by atoms with Crippen LogP contribution in [0.1, 0.15) is 30.3 Å². The lowest BCUT2D eigenvalue weighted by Crippen LogP contribution is -2.49. The number of aromatic nitrogens is 2. The third-order valence-electron chi connectivity index (χ3n) is 4.90. The molecule has 0 spiro atoms. The Morgan fingerprint density at radius 3 is 3.19 bits per heavy atom. The Morgan fingerprint density at radius 1 is 1.33 bits per heavy atom. The zero-order valence-corrected chi connectivity index (χ0v) is 12.5. The van der Waals surface area contributed by atoms with Gasteiger partial charge in [-0.15, -0.1) is 0 Å². The van der Waals surface area contributed by atoms with Gasteiger partial charge in [0.15, 0.2) is 0 Å². The number of anilines is 1. The molecule has 4 nitrogen and oxygen atoms in total. The van der Waals surface area contributed by atoms with Crippen molar-refractivity contribution >= 4 is 5.69 Å². The maximum atomic E-state index is 4.45. The van der Waals surface area contributed by atoms with E-state index in [9.17, 15) is 0 Å². The van der Waals surface area contributed by atoms with Gasteiger partial charge in [-0.25, -0.2) is 4.98 Å². The molecule has 1 aromatic heterocycles. The third-order valence-corrected chi connectivity index (χ3v) is 4.90. The second-order valence-electron chi connectivity index (χ2n) is 6.28. The van der Waals surface area contributed by atoms with Crippen LogP contribution in [0.2, 0.25) is 0 Å². The first-order chi connectivity index (χ1) is 10.3. The molecule has 2 aliphatic heterocycles. The molecule has 0 fully saturated rings. The van der Waals surface area contributed by atoms with Crippen LogP contribution in [0.15, 0.2) is 30.6 Å². The molecule has 1 aromatic carbocycles. The Morgan fingerprint density at radius 2 is 2.24 bits per heavy atom. The third kappa shape index (κ3) is 2.33. The molecule has 4 heteroatoms. The van der Waals surface area contributed by atoms with Gasteiger partial charge in [-0.05, 0) is 31.4 Å². The zero-order valence-electron chi connectivity index (χ0n) is 12.5. The topological polar surface area (TPSA) is 44.0 Å². The molecular weight excluding hydrogens is 260 g/mol. The largest absolute Gasteiger partial charge is 0.367 e. The number of fused-ring (bicyclic) bond motifs is 2. The normalized spacial score (nSPS) is 24.5. The number of hydrogen-bond donors (Lipinski definition) is 2. The highest BCUT2D eigenvalue weighted by molar-refractivity contribution is 5.56. The fourth-order valence-electron chi connectivity index (χ4n) is 3.64. The van der Waals surface area contributed by atoms with E-state index in [2.05, 4.69) is 51.4 Å². The van der Waals surface area contributed by atoms with Crippen LogP contribution in [0.25, 0.3) is 0 Å². The number of imidazole rings is 1. The minimum Gasteiger partial charge on any atom is -0.367 e. The lowest BCUT2D eigenvalue weighted by atomic mass is 9.95. The number of H-pyrrole nitrogens is 1. The molecule has 0 bridgehead atoms. The van der Waals surface area contributed by atoms with Crippen molar-refractivity contribution < 1.29 is 0 Å². The van der Waals surface area contributed by atoms with Crippen molar-refractivity contribution in [1.29, 1.82) is 0 Å². The zero-order chi connectivity index (χ0) is 14.2. The van der Waals surface area contributed by atoms with Crippen LogP contribution in [-0.2, 0) is 19.4 Å². The molecule has 3 heterocycles. The van der Waals surface area contributed by atoms with E-state index in [-0.39, 0.29) is 0 Å². The van der Waals surface area contributed by atoms with Crippen LogP contribution in [-0.4, -0.2) is 28.6 Å². The molecule has 4 rings (SSSR count). The quantitative estimate of drug-likeness (QED) is 0.888. The van der Waals surface area contributed by atoms with E-state index in [4.69, 9.17) is 0 Å². The predicted octanol–water partition coefficient (Wildman–Crippen LogP) is 2.27. The van der Waals surface area contributed by atoms with E-state index in [1.165, 1.54) is 35.5 Å². The van der Waals surface area contributed by atoms with E-state index in [0.29, 0.717) is 12.1 Å². The predicted molar refractivity (Wildman–Crippen MR) is 84.5 cm³/mol. The molecule has 21 heavy (non-hydrogen) atoms. The Hall–Kier alpha value is -1.81. The van der Waals surface area contributed by atoms with E-state index in [0.717, 1.165) is 19.5 Å². The minimum atomic E-state index is 0.481. The first-order valence-electron chi connectivity index (χ1n) is 7.90. The average molecular weight is 282 g/mol. The SMILES string of the molecule is CC1CCc2ccccc2N1CC1Cc2nc[nH]c2CN1. The minimum absolute atomic E-state index is 0.481. The number of hydrogen-bond acceptors (Lipinski definition) is 3. The summed E-state index contributed by atoms with van der Waals surface area (Å²) >= 11 is 0. The van der Waals surface area contributed by atoms with Gasteiger partial charge in [-0.3, -0.25) is 0 Å². The van der Waals surface area contributed by atoms with Crippen molar-refractivity contribution in [2.24, 2.45) is 0 Å². The van der Waals surface area contributed by atoms with Gasteiger partial charge in [-0.1, -0.05) is 18.2 Å². The number of nitrogens with zero attached hydrogens (tertiary/aromatic N) is 2.